The fourth-order valence-electron chi connectivity index (χ4n) is 11.7. The van der Waals surface area contributed by atoms with Gasteiger partial charge in [-0.2, -0.15) is 0 Å². The predicted octanol–water partition coefficient (Wildman–Crippen LogP) is 26.1. The van der Waals surface area contributed by atoms with Crippen LogP contribution in [-0.4, -0.2) is 37.2 Å². The van der Waals surface area contributed by atoms with Gasteiger partial charge in [0.15, 0.2) is 6.10 Å². The molecule has 6 nitrogen and oxygen atoms in total. The lowest BCUT2D eigenvalue weighted by molar-refractivity contribution is -0.167. The van der Waals surface area contributed by atoms with Gasteiger partial charge in [0, 0.05) is 19.3 Å². The molecule has 0 fully saturated rings. The molecule has 6 heteroatoms. The van der Waals surface area contributed by atoms with Crippen LogP contribution in [0, 0.1) is 0 Å². The van der Waals surface area contributed by atoms with Crippen LogP contribution in [0.15, 0.2) is 24.3 Å². The SMILES string of the molecule is CCCCCCCCC/C=C\CCCCCCCC(=O)OCC(COC(=O)CCCCCCCCCCCCCCCCCCCCCCCCCCCCCCCCCCC)OC(=O)CCCCCCC/C=C\CCCCCCCCC. The number of hydrogen-bond donors (Lipinski definition) is 0. The lowest BCUT2D eigenvalue weighted by Gasteiger charge is -2.18. The minimum absolute atomic E-state index is 0.0720. The predicted molar refractivity (Wildman–Crippen MR) is 363 cm³/mol. The van der Waals surface area contributed by atoms with Gasteiger partial charge in [-0.25, -0.2) is 0 Å². The Morgan fingerprint density at radius 1 is 0.229 bits per heavy atom. The molecule has 0 bridgehead atoms. The molecule has 0 aromatic carbocycles. The van der Waals surface area contributed by atoms with Crippen molar-refractivity contribution in [2.45, 2.75) is 438 Å². The first-order chi connectivity index (χ1) is 41.0. The number of esters is 3. The Hall–Kier alpha value is -2.11. The average Bonchev–Trinajstić information content (AvgIpc) is 3.49. The number of hydrogen-bond acceptors (Lipinski definition) is 6. The van der Waals surface area contributed by atoms with Crippen molar-refractivity contribution in [3.8, 4) is 0 Å². The Morgan fingerprint density at radius 3 is 0.602 bits per heavy atom. The Balaban J connectivity index is 4.12. The van der Waals surface area contributed by atoms with Crippen LogP contribution in [0.3, 0.4) is 0 Å². The smallest absolute Gasteiger partial charge is 0.306 e. The highest BCUT2D eigenvalue weighted by Gasteiger charge is 2.20. The van der Waals surface area contributed by atoms with Crippen molar-refractivity contribution in [3.63, 3.8) is 0 Å². The molecule has 0 rings (SSSR count). The largest absolute Gasteiger partial charge is 0.462 e. The van der Waals surface area contributed by atoms with Crippen LogP contribution in [0.25, 0.3) is 0 Å². The maximum absolute atomic E-state index is 12.9. The fourth-order valence-corrected chi connectivity index (χ4v) is 11.7. The summed E-state index contributed by atoms with van der Waals surface area (Å²) in [4.78, 5) is 38.4. The summed E-state index contributed by atoms with van der Waals surface area (Å²) >= 11 is 0. The summed E-state index contributed by atoms with van der Waals surface area (Å²) < 4.78 is 17.0. The van der Waals surface area contributed by atoms with Crippen molar-refractivity contribution in [3.05, 3.63) is 24.3 Å². The summed E-state index contributed by atoms with van der Waals surface area (Å²) in [5, 5.41) is 0. The number of rotatable bonds is 71. The zero-order chi connectivity index (χ0) is 59.9. The van der Waals surface area contributed by atoms with E-state index in [4.69, 9.17) is 14.2 Å². The molecule has 0 saturated heterocycles. The second-order valence-electron chi connectivity index (χ2n) is 25.9. The Labute approximate surface area is 519 Å². The quantitative estimate of drug-likeness (QED) is 0.0261. The van der Waals surface area contributed by atoms with E-state index in [1.807, 2.05) is 0 Å². The minimum atomic E-state index is -0.778. The van der Waals surface area contributed by atoms with E-state index in [1.54, 1.807) is 0 Å². The van der Waals surface area contributed by atoms with Crippen LogP contribution in [-0.2, 0) is 28.6 Å². The van der Waals surface area contributed by atoms with E-state index in [0.717, 1.165) is 70.6 Å². The molecule has 0 aliphatic rings. The lowest BCUT2D eigenvalue weighted by Crippen LogP contribution is -2.30. The van der Waals surface area contributed by atoms with Gasteiger partial charge in [-0.15, -0.1) is 0 Å². The summed E-state index contributed by atoms with van der Waals surface area (Å²) in [6.07, 6.45) is 89.5. The van der Waals surface area contributed by atoms with Gasteiger partial charge in [-0.3, -0.25) is 14.4 Å². The molecule has 0 aliphatic carbocycles. The molecule has 0 saturated carbocycles. The van der Waals surface area contributed by atoms with Crippen LogP contribution < -0.4 is 0 Å². The van der Waals surface area contributed by atoms with Crippen molar-refractivity contribution < 1.29 is 28.6 Å². The highest BCUT2D eigenvalue weighted by Crippen LogP contribution is 2.19. The Morgan fingerprint density at radius 2 is 0.398 bits per heavy atom. The van der Waals surface area contributed by atoms with Gasteiger partial charge in [0.25, 0.3) is 0 Å². The first-order valence-corrected chi connectivity index (χ1v) is 37.8. The first-order valence-electron chi connectivity index (χ1n) is 37.8. The van der Waals surface area contributed by atoms with Gasteiger partial charge in [0.05, 0.1) is 0 Å². The van der Waals surface area contributed by atoms with E-state index in [-0.39, 0.29) is 31.1 Å². The molecule has 490 valence electrons. The van der Waals surface area contributed by atoms with E-state index >= 15 is 0 Å². The van der Waals surface area contributed by atoms with E-state index in [2.05, 4.69) is 45.1 Å². The van der Waals surface area contributed by atoms with E-state index in [1.165, 1.54) is 321 Å². The van der Waals surface area contributed by atoms with Crippen LogP contribution >= 0.6 is 0 Å². The molecule has 0 aliphatic heterocycles. The number of ether oxygens (including phenoxy) is 3. The zero-order valence-electron chi connectivity index (χ0n) is 56.5. The van der Waals surface area contributed by atoms with Gasteiger partial charge in [-0.1, -0.05) is 366 Å². The third-order valence-corrected chi connectivity index (χ3v) is 17.4. The average molecular weight is 1170 g/mol. The van der Waals surface area contributed by atoms with Gasteiger partial charge >= 0.3 is 17.9 Å². The lowest BCUT2D eigenvalue weighted by atomic mass is 10.0. The topological polar surface area (TPSA) is 78.9 Å². The van der Waals surface area contributed by atoms with Crippen LogP contribution in [0.5, 0.6) is 0 Å². The summed E-state index contributed by atoms with van der Waals surface area (Å²) in [7, 11) is 0. The molecule has 0 amide bonds. The molecule has 0 heterocycles. The molecule has 0 N–H and O–H groups in total. The number of carbonyl (C=O) groups excluding carboxylic acids is 3. The maximum atomic E-state index is 12.9. The van der Waals surface area contributed by atoms with Crippen molar-refractivity contribution in [2.75, 3.05) is 13.2 Å². The summed E-state index contributed by atoms with van der Waals surface area (Å²) in [5.74, 6) is -0.858. The van der Waals surface area contributed by atoms with Crippen LogP contribution in [0.4, 0.5) is 0 Å². The maximum Gasteiger partial charge on any atom is 0.306 e. The van der Waals surface area contributed by atoms with Crippen molar-refractivity contribution in [2.24, 2.45) is 0 Å². The van der Waals surface area contributed by atoms with Gasteiger partial charge in [-0.05, 0) is 70.6 Å². The minimum Gasteiger partial charge on any atom is -0.462 e. The second kappa shape index (κ2) is 72.4. The van der Waals surface area contributed by atoms with Crippen molar-refractivity contribution >= 4 is 17.9 Å². The molecular formula is C77H146O6. The van der Waals surface area contributed by atoms with Gasteiger partial charge in [0.2, 0.25) is 0 Å². The molecule has 1 atom stereocenters. The van der Waals surface area contributed by atoms with E-state index in [9.17, 15) is 14.4 Å². The molecular weight excluding hydrogens is 1020 g/mol. The monoisotopic (exact) mass is 1170 g/mol. The molecule has 0 aromatic heterocycles. The zero-order valence-corrected chi connectivity index (χ0v) is 56.5. The number of unbranched alkanes of at least 4 members (excludes halogenated alkanes) is 56. The van der Waals surface area contributed by atoms with Crippen LogP contribution in [0.1, 0.15) is 432 Å². The first kappa shape index (κ1) is 80.9. The Bertz CT molecular complexity index is 1340. The number of allylic oxidation sites excluding steroid dienone is 4. The standard InChI is InChI=1S/C77H146O6/c1-4-7-10-13-16-19-22-25-28-31-32-33-34-35-36-37-38-39-40-41-42-43-44-45-46-47-50-52-55-58-61-64-67-70-76(79)82-73-74(83-77(80)71-68-65-62-59-56-53-49-30-27-24-21-18-15-12-9-6-3)72-81-75(78)69-66-63-60-57-54-51-48-29-26-23-20-17-14-11-8-5-2/h29-30,48-49,74H,4-28,31-47,50-73H2,1-3H3/b48-29-,49-30-. The molecule has 0 radical (unpaired) electrons. The van der Waals surface area contributed by atoms with Crippen LogP contribution in [0.2, 0.25) is 0 Å². The third kappa shape index (κ3) is 70.5. The molecule has 83 heavy (non-hydrogen) atoms. The molecule has 0 aromatic rings. The van der Waals surface area contributed by atoms with E-state index < -0.39 is 6.10 Å². The highest BCUT2D eigenvalue weighted by atomic mass is 16.6. The summed E-state index contributed by atoms with van der Waals surface area (Å²) in [6, 6.07) is 0. The highest BCUT2D eigenvalue weighted by molar-refractivity contribution is 5.71. The van der Waals surface area contributed by atoms with Crippen molar-refractivity contribution in [1.29, 1.82) is 0 Å². The van der Waals surface area contributed by atoms with Gasteiger partial charge in [0.1, 0.15) is 13.2 Å². The van der Waals surface area contributed by atoms with Gasteiger partial charge < -0.3 is 14.2 Å². The third-order valence-electron chi connectivity index (χ3n) is 17.4. The van der Waals surface area contributed by atoms with Crippen molar-refractivity contribution in [1.82, 2.24) is 0 Å². The normalized spacial score (nSPS) is 12.1. The summed E-state index contributed by atoms with van der Waals surface area (Å²) in [5.41, 5.74) is 0. The fraction of sp³-hybridized carbons (Fsp3) is 0.909. The Kier molecular flexibility index (Phi) is 70.5. The second-order valence-corrected chi connectivity index (χ2v) is 25.9. The molecule has 1 unspecified atom stereocenters. The van der Waals surface area contributed by atoms with E-state index in [0.29, 0.717) is 19.3 Å². The number of carbonyl (C=O) groups is 3. The molecule has 0 spiro atoms. The summed E-state index contributed by atoms with van der Waals surface area (Å²) in [6.45, 7) is 6.70.